The van der Waals surface area contributed by atoms with Crippen LogP contribution in [-0.4, -0.2) is 40.6 Å². The first-order valence-electron chi connectivity index (χ1n) is 5.57. The van der Waals surface area contributed by atoms with Gasteiger partial charge in [-0.05, 0) is 29.8 Å². The summed E-state index contributed by atoms with van der Waals surface area (Å²) in [4.78, 5) is 10.9. The largest absolute Gasteiger partial charge is 0.447 e. The highest BCUT2D eigenvalue weighted by Gasteiger charge is 2.47. The number of carbonyl (C=O) groups is 1. The molecule has 3 atom stereocenters. The van der Waals surface area contributed by atoms with Crippen molar-refractivity contribution in [2.75, 3.05) is 6.61 Å². The van der Waals surface area contributed by atoms with E-state index in [1.807, 2.05) is 0 Å². The van der Waals surface area contributed by atoms with Gasteiger partial charge < -0.3 is 19.7 Å². The minimum Gasteiger partial charge on any atom is -0.447 e. The molecule has 19 heavy (non-hydrogen) atoms. The lowest BCUT2D eigenvalue weighted by Gasteiger charge is -2.23. The van der Waals surface area contributed by atoms with Crippen LogP contribution in [0.25, 0.3) is 0 Å². The van der Waals surface area contributed by atoms with Crippen LogP contribution in [0.2, 0.25) is 5.02 Å². The summed E-state index contributed by atoms with van der Waals surface area (Å²) >= 11 is 11.9. The second-order valence-corrected chi connectivity index (χ2v) is 5.18. The van der Waals surface area contributed by atoms with E-state index in [2.05, 4.69) is 0 Å². The van der Waals surface area contributed by atoms with Crippen molar-refractivity contribution in [3.63, 3.8) is 0 Å². The lowest BCUT2D eigenvalue weighted by Crippen LogP contribution is -2.30. The topological polar surface area (TPSA) is 76.0 Å². The van der Waals surface area contributed by atoms with Gasteiger partial charge in [0.25, 0.3) is 5.25 Å². The van der Waals surface area contributed by atoms with Gasteiger partial charge in [0.15, 0.2) is 6.29 Å². The predicted molar refractivity (Wildman–Crippen MR) is 68.6 cm³/mol. The number of alkyl halides is 1. The third-order valence-corrected chi connectivity index (χ3v) is 3.31. The van der Waals surface area contributed by atoms with Crippen LogP contribution in [0.1, 0.15) is 16.8 Å². The van der Waals surface area contributed by atoms with Crippen LogP contribution in [0.15, 0.2) is 18.2 Å². The fraction of sp³-hybridized carbons (Fsp3) is 0.417. The number of hydrogen-bond acceptors (Lipinski definition) is 5. The zero-order valence-electron chi connectivity index (χ0n) is 9.75. The van der Waals surface area contributed by atoms with Crippen LogP contribution in [0.5, 0.6) is 5.75 Å². The Morgan fingerprint density at radius 1 is 1.58 bits per heavy atom. The minimum atomic E-state index is -1.63. The van der Waals surface area contributed by atoms with Crippen molar-refractivity contribution in [1.82, 2.24) is 0 Å². The smallest absolute Gasteiger partial charge is 0.293 e. The Morgan fingerprint density at radius 3 is 2.89 bits per heavy atom. The molecule has 1 aliphatic heterocycles. The summed E-state index contributed by atoms with van der Waals surface area (Å²) in [5, 5.41) is 17.4. The molecule has 5 nitrogen and oxygen atoms in total. The SMILES string of the molecule is O=Cc1ccc(Cl)cc1O[C@@]1(Cl)C[C@H](O)[C@@H](CO)O1. The van der Waals surface area contributed by atoms with Crippen LogP contribution in [0.4, 0.5) is 0 Å². The molecule has 1 heterocycles. The Labute approximate surface area is 119 Å². The summed E-state index contributed by atoms with van der Waals surface area (Å²) in [5.41, 5.74) is 0.259. The molecule has 1 saturated heterocycles. The third kappa shape index (κ3) is 3.19. The molecule has 1 aliphatic rings. The number of hydrogen-bond donors (Lipinski definition) is 2. The van der Waals surface area contributed by atoms with Gasteiger partial charge in [0.1, 0.15) is 11.9 Å². The first-order valence-corrected chi connectivity index (χ1v) is 6.32. The van der Waals surface area contributed by atoms with E-state index in [9.17, 15) is 9.90 Å². The molecule has 0 spiro atoms. The van der Waals surface area contributed by atoms with E-state index in [4.69, 9.17) is 37.8 Å². The van der Waals surface area contributed by atoms with Crippen LogP contribution in [-0.2, 0) is 4.74 Å². The molecule has 0 aliphatic carbocycles. The van der Waals surface area contributed by atoms with Gasteiger partial charge in [-0.25, -0.2) is 0 Å². The highest BCUT2D eigenvalue weighted by molar-refractivity contribution is 6.30. The first kappa shape index (κ1) is 14.6. The van der Waals surface area contributed by atoms with E-state index >= 15 is 0 Å². The summed E-state index contributed by atoms with van der Waals surface area (Å²) < 4.78 is 10.7. The van der Waals surface area contributed by atoms with E-state index in [1.165, 1.54) is 12.1 Å². The average molecular weight is 307 g/mol. The van der Waals surface area contributed by atoms with Crippen LogP contribution >= 0.6 is 23.2 Å². The van der Waals surface area contributed by atoms with Gasteiger partial charge in [-0.1, -0.05) is 11.6 Å². The lowest BCUT2D eigenvalue weighted by atomic mass is 10.2. The Balaban J connectivity index is 2.21. The summed E-state index contributed by atoms with van der Waals surface area (Å²) in [6.07, 6.45) is -1.21. The lowest BCUT2D eigenvalue weighted by molar-refractivity contribution is -0.123. The third-order valence-electron chi connectivity index (χ3n) is 2.75. The molecule has 104 valence electrons. The van der Waals surface area contributed by atoms with Crippen LogP contribution in [0, 0.1) is 0 Å². The molecule has 0 amide bonds. The Bertz CT molecular complexity index is 481. The molecule has 0 saturated carbocycles. The van der Waals surface area contributed by atoms with Crippen LogP contribution < -0.4 is 4.74 Å². The van der Waals surface area contributed by atoms with Gasteiger partial charge >= 0.3 is 0 Å². The zero-order chi connectivity index (χ0) is 14.0. The maximum absolute atomic E-state index is 10.9. The van der Waals surface area contributed by atoms with Crippen molar-refractivity contribution in [3.8, 4) is 5.75 Å². The van der Waals surface area contributed by atoms with E-state index in [1.54, 1.807) is 6.07 Å². The molecule has 2 N–H and O–H groups in total. The van der Waals surface area contributed by atoms with Gasteiger partial charge in [0.05, 0.1) is 24.7 Å². The first-order chi connectivity index (χ1) is 8.97. The van der Waals surface area contributed by atoms with Crippen molar-refractivity contribution in [2.24, 2.45) is 0 Å². The number of halogens is 2. The molecule has 0 bridgehead atoms. The second kappa shape index (κ2) is 5.64. The van der Waals surface area contributed by atoms with E-state index < -0.39 is 17.5 Å². The normalized spacial score (nSPS) is 30.3. The summed E-state index contributed by atoms with van der Waals surface area (Å²) in [6.45, 7) is -0.380. The Kier molecular flexibility index (Phi) is 4.32. The quantitative estimate of drug-likeness (QED) is 0.652. The molecule has 1 aromatic rings. The number of benzene rings is 1. The molecular formula is C12H12Cl2O5. The van der Waals surface area contributed by atoms with E-state index in [-0.39, 0.29) is 24.3 Å². The number of aliphatic hydroxyl groups is 2. The monoisotopic (exact) mass is 306 g/mol. The molecule has 0 radical (unpaired) electrons. The molecule has 0 aromatic heterocycles. The molecule has 1 fully saturated rings. The highest BCUT2D eigenvalue weighted by Crippen LogP contribution is 2.38. The number of aliphatic hydroxyl groups excluding tert-OH is 2. The Hall–Kier alpha value is -0.850. The summed E-state index contributed by atoms with van der Waals surface area (Å²) in [7, 11) is 0. The second-order valence-electron chi connectivity index (χ2n) is 4.17. The molecule has 7 heteroatoms. The van der Waals surface area contributed by atoms with Crippen LogP contribution in [0.3, 0.4) is 0 Å². The highest BCUT2D eigenvalue weighted by atomic mass is 35.5. The average Bonchev–Trinajstić information content (AvgIpc) is 2.64. The number of ether oxygens (including phenoxy) is 2. The number of rotatable bonds is 4. The zero-order valence-corrected chi connectivity index (χ0v) is 11.3. The van der Waals surface area contributed by atoms with Crippen molar-refractivity contribution in [3.05, 3.63) is 28.8 Å². The summed E-state index contributed by atoms with van der Waals surface area (Å²) in [6, 6.07) is 4.46. The maximum Gasteiger partial charge on any atom is 0.293 e. The van der Waals surface area contributed by atoms with Crippen molar-refractivity contribution >= 4 is 29.5 Å². The molecule has 2 rings (SSSR count). The predicted octanol–water partition coefficient (Wildman–Crippen LogP) is 1.57. The fourth-order valence-corrected chi connectivity index (χ4v) is 2.33. The van der Waals surface area contributed by atoms with Gasteiger partial charge in [-0.2, -0.15) is 0 Å². The number of aldehydes is 1. The Morgan fingerprint density at radius 2 is 2.32 bits per heavy atom. The maximum atomic E-state index is 10.9. The molecule has 1 aromatic carbocycles. The van der Waals surface area contributed by atoms with E-state index in [0.717, 1.165) is 0 Å². The van der Waals surface area contributed by atoms with Gasteiger partial charge in [0, 0.05) is 5.02 Å². The van der Waals surface area contributed by atoms with Gasteiger partial charge in [-0.3, -0.25) is 4.79 Å². The van der Waals surface area contributed by atoms with Crippen molar-refractivity contribution < 1.29 is 24.5 Å². The molecule has 0 unspecified atom stereocenters. The number of carbonyl (C=O) groups excluding carboxylic acids is 1. The van der Waals surface area contributed by atoms with Gasteiger partial charge in [0.2, 0.25) is 0 Å². The standard InChI is InChI=1S/C12H12Cl2O5/c13-8-2-1-7(5-15)10(3-8)18-12(14)4-9(17)11(6-16)19-12/h1-3,5,9,11,16-17H,4,6H2/t9-,11+,12-/m0/s1. The van der Waals surface area contributed by atoms with Crippen molar-refractivity contribution in [1.29, 1.82) is 0 Å². The van der Waals surface area contributed by atoms with Gasteiger partial charge in [-0.15, -0.1) is 0 Å². The van der Waals surface area contributed by atoms with E-state index in [0.29, 0.717) is 11.3 Å². The summed E-state index contributed by atoms with van der Waals surface area (Å²) in [5.74, 6) is 0.156. The minimum absolute atomic E-state index is 0.0371. The molecular weight excluding hydrogens is 295 g/mol. The fourth-order valence-electron chi connectivity index (χ4n) is 1.82. The van der Waals surface area contributed by atoms with Crippen molar-refractivity contribution in [2.45, 2.75) is 23.9 Å².